The van der Waals surface area contributed by atoms with Crippen LogP contribution in [0.4, 0.5) is 0 Å². The highest BCUT2D eigenvalue weighted by molar-refractivity contribution is 8.00. The highest BCUT2D eigenvalue weighted by atomic mass is 32.2. The number of nitrogens with zero attached hydrogens (tertiary/aromatic N) is 1. The van der Waals surface area contributed by atoms with E-state index in [1.54, 1.807) is 33.1 Å². The molecule has 0 aliphatic carbocycles. The van der Waals surface area contributed by atoms with E-state index in [4.69, 9.17) is 14.2 Å². The summed E-state index contributed by atoms with van der Waals surface area (Å²) < 4.78 is 16.3. The van der Waals surface area contributed by atoms with Crippen molar-refractivity contribution in [2.45, 2.75) is 25.1 Å². The van der Waals surface area contributed by atoms with Crippen molar-refractivity contribution in [1.29, 1.82) is 0 Å². The normalized spacial score (nSPS) is 17.7. The second-order valence-electron chi connectivity index (χ2n) is 5.05. The molecule has 2 rings (SSSR count). The predicted octanol–water partition coefficient (Wildman–Crippen LogP) is 3.09. The lowest BCUT2D eigenvalue weighted by molar-refractivity contribution is -0.128. The van der Waals surface area contributed by atoms with Gasteiger partial charge in [-0.25, -0.2) is 0 Å². The van der Waals surface area contributed by atoms with Crippen LogP contribution in [0.15, 0.2) is 12.1 Å². The molecule has 1 atom stereocenters. The van der Waals surface area contributed by atoms with E-state index in [0.29, 0.717) is 23.0 Å². The summed E-state index contributed by atoms with van der Waals surface area (Å²) in [6.45, 7) is 2.88. The van der Waals surface area contributed by atoms with Crippen LogP contribution >= 0.6 is 11.8 Å². The quantitative estimate of drug-likeness (QED) is 0.771. The Morgan fingerprint density at radius 3 is 2.32 bits per heavy atom. The van der Waals surface area contributed by atoms with Crippen molar-refractivity contribution in [3.8, 4) is 17.2 Å². The zero-order chi connectivity index (χ0) is 16.1. The maximum Gasteiger partial charge on any atom is 0.233 e. The van der Waals surface area contributed by atoms with Gasteiger partial charge >= 0.3 is 0 Å². The van der Waals surface area contributed by atoms with E-state index in [1.807, 2.05) is 17.0 Å². The van der Waals surface area contributed by atoms with Crippen LogP contribution in [0.25, 0.3) is 0 Å². The van der Waals surface area contributed by atoms with Crippen LogP contribution < -0.4 is 14.2 Å². The molecule has 0 aromatic heterocycles. The van der Waals surface area contributed by atoms with Gasteiger partial charge in [0.15, 0.2) is 0 Å². The zero-order valence-corrected chi connectivity index (χ0v) is 14.4. The molecule has 1 amide bonds. The monoisotopic (exact) mass is 325 g/mol. The van der Waals surface area contributed by atoms with E-state index < -0.39 is 0 Å². The first-order chi connectivity index (χ1) is 10.7. The molecule has 22 heavy (non-hydrogen) atoms. The number of hydrogen-bond acceptors (Lipinski definition) is 5. The summed E-state index contributed by atoms with van der Waals surface area (Å²) in [5.74, 6) is 2.71. The van der Waals surface area contributed by atoms with Crippen LogP contribution in [0.3, 0.4) is 0 Å². The van der Waals surface area contributed by atoms with Crippen molar-refractivity contribution in [3.05, 3.63) is 17.7 Å². The maximum absolute atomic E-state index is 12.2. The van der Waals surface area contributed by atoms with E-state index in [9.17, 15) is 4.79 Å². The third-order valence-electron chi connectivity index (χ3n) is 3.72. The van der Waals surface area contributed by atoms with E-state index in [2.05, 4.69) is 6.92 Å². The molecule has 0 saturated carbocycles. The maximum atomic E-state index is 12.2. The molecule has 1 unspecified atom stereocenters. The highest BCUT2D eigenvalue weighted by Crippen LogP contribution is 2.48. The Hall–Kier alpha value is -1.56. The molecule has 1 aliphatic rings. The number of carbonyl (C=O) groups is 1. The first kappa shape index (κ1) is 16.8. The number of carbonyl (C=O) groups excluding carboxylic acids is 1. The van der Waals surface area contributed by atoms with Crippen molar-refractivity contribution in [2.24, 2.45) is 0 Å². The Balaban J connectivity index is 2.43. The minimum Gasteiger partial charge on any atom is -0.496 e. The summed E-state index contributed by atoms with van der Waals surface area (Å²) in [4.78, 5) is 14.1. The topological polar surface area (TPSA) is 48.0 Å². The van der Waals surface area contributed by atoms with Gasteiger partial charge in [-0.2, -0.15) is 0 Å². The predicted molar refractivity (Wildman–Crippen MR) is 87.9 cm³/mol. The first-order valence-corrected chi connectivity index (χ1v) is 8.42. The van der Waals surface area contributed by atoms with Crippen molar-refractivity contribution in [2.75, 3.05) is 33.6 Å². The van der Waals surface area contributed by atoms with Crippen molar-refractivity contribution < 1.29 is 19.0 Å². The summed E-state index contributed by atoms with van der Waals surface area (Å²) in [6.07, 6.45) is 2.04. The average molecular weight is 325 g/mol. The number of unbranched alkanes of at least 4 members (excludes halogenated alkanes) is 1. The van der Waals surface area contributed by atoms with Gasteiger partial charge in [0, 0.05) is 18.7 Å². The fourth-order valence-electron chi connectivity index (χ4n) is 2.54. The first-order valence-electron chi connectivity index (χ1n) is 7.37. The van der Waals surface area contributed by atoms with Crippen molar-refractivity contribution in [1.82, 2.24) is 4.90 Å². The molecule has 1 aliphatic heterocycles. The highest BCUT2D eigenvalue weighted by Gasteiger charge is 2.36. The second-order valence-corrected chi connectivity index (χ2v) is 6.12. The third-order valence-corrected chi connectivity index (χ3v) is 4.94. The summed E-state index contributed by atoms with van der Waals surface area (Å²) in [5.41, 5.74) is 0.901. The van der Waals surface area contributed by atoms with E-state index in [1.165, 1.54) is 0 Å². The fraction of sp³-hybridized carbons (Fsp3) is 0.562. The summed E-state index contributed by atoms with van der Waals surface area (Å²) >= 11 is 1.61. The van der Waals surface area contributed by atoms with Crippen LogP contribution in [-0.2, 0) is 4.79 Å². The minimum absolute atomic E-state index is 0.0742. The minimum atomic E-state index is -0.0742. The van der Waals surface area contributed by atoms with Gasteiger partial charge in [0.05, 0.1) is 32.6 Å². The zero-order valence-electron chi connectivity index (χ0n) is 13.5. The lowest BCUT2D eigenvalue weighted by Crippen LogP contribution is -2.29. The molecular formula is C16H23NO4S. The number of methoxy groups -OCH3 is 3. The molecule has 1 aromatic rings. The molecule has 5 nitrogen and oxygen atoms in total. The largest absolute Gasteiger partial charge is 0.496 e. The van der Waals surface area contributed by atoms with Gasteiger partial charge < -0.3 is 19.1 Å². The fourth-order valence-corrected chi connectivity index (χ4v) is 3.81. The van der Waals surface area contributed by atoms with Crippen LogP contribution in [0.5, 0.6) is 17.2 Å². The number of ether oxygens (including phenoxy) is 3. The lowest BCUT2D eigenvalue weighted by Gasteiger charge is -2.27. The molecule has 1 aromatic carbocycles. The molecule has 1 heterocycles. The van der Waals surface area contributed by atoms with Crippen LogP contribution in [0.1, 0.15) is 30.7 Å². The number of thioether (sulfide) groups is 1. The molecule has 0 N–H and O–H groups in total. The Morgan fingerprint density at radius 2 is 1.82 bits per heavy atom. The summed E-state index contributed by atoms with van der Waals surface area (Å²) in [6, 6.07) is 3.67. The summed E-state index contributed by atoms with van der Waals surface area (Å²) in [7, 11) is 4.85. The molecule has 0 bridgehead atoms. The Bertz CT molecular complexity index is 510. The molecule has 1 saturated heterocycles. The lowest BCUT2D eigenvalue weighted by atomic mass is 10.1. The van der Waals surface area contributed by atoms with Crippen LogP contribution in [0.2, 0.25) is 0 Å². The molecular weight excluding hydrogens is 302 g/mol. The van der Waals surface area contributed by atoms with Crippen LogP contribution in [-0.4, -0.2) is 44.4 Å². The Morgan fingerprint density at radius 1 is 1.18 bits per heavy atom. The number of benzene rings is 1. The van der Waals surface area contributed by atoms with Crippen molar-refractivity contribution in [3.63, 3.8) is 0 Å². The molecule has 122 valence electrons. The van der Waals surface area contributed by atoms with Crippen LogP contribution in [0, 0.1) is 0 Å². The standard InChI is InChI=1S/C16H23NO4S/c1-5-6-7-17-14(18)10-22-16(17)15-12(20-3)8-11(19-2)9-13(15)21-4/h8-9,16H,5-7,10H2,1-4H3. The molecule has 6 heteroatoms. The van der Waals surface area contributed by atoms with Gasteiger partial charge in [0.2, 0.25) is 5.91 Å². The second kappa shape index (κ2) is 7.63. The van der Waals surface area contributed by atoms with Crippen molar-refractivity contribution >= 4 is 17.7 Å². The Labute approximate surface area is 135 Å². The van der Waals surface area contributed by atoms with Gasteiger partial charge in [-0.1, -0.05) is 13.3 Å². The Kier molecular flexibility index (Phi) is 5.83. The number of amides is 1. The number of rotatable bonds is 7. The van der Waals surface area contributed by atoms with Gasteiger partial charge in [-0.05, 0) is 6.42 Å². The third kappa shape index (κ3) is 3.27. The molecule has 0 spiro atoms. The average Bonchev–Trinajstić information content (AvgIpc) is 2.91. The van der Waals surface area contributed by atoms with E-state index >= 15 is 0 Å². The summed E-state index contributed by atoms with van der Waals surface area (Å²) in [5, 5.41) is -0.0742. The van der Waals surface area contributed by atoms with Gasteiger partial charge in [-0.15, -0.1) is 11.8 Å². The molecule has 0 radical (unpaired) electrons. The van der Waals surface area contributed by atoms with E-state index in [0.717, 1.165) is 24.9 Å². The van der Waals surface area contributed by atoms with Gasteiger partial charge in [-0.3, -0.25) is 4.79 Å². The number of hydrogen-bond donors (Lipinski definition) is 0. The van der Waals surface area contributed by atoms with Gasteiger partial charge in [0.25, 0.3) is 0 Å². The van der Waals surface area contributed by atoms with Gasteiger partial charge in [0.1, 0.15) is 22.6 Å². The van der Waals surface area contributed by atoms with E-state index in [-0.39, 0.29) is 11.3 Å². The molecule has 1 fully saturated rings. The SMILES string of the molecule is CCCCN1C(=O)CSC1c1c(OC)cc(OC)cc1OC. The smallest absolute Gasteiger partial charge is 0.233 e.